The zero-order valence-corrected chi connectivity index (χ0v) is 15.3. The van der Waals surface area contributed by atoms with Gasteiger partial charge >= 0.3 is 0 Å². The second-order valence-electron chi connectivity index (χ2n) is 5.83. The molecule has 8 heteroatoms. The van der Waals surface area contributed by atoms with E-state index in [1.54, 1.807) is 6.92 Å². The van der Waals surface area contributed by atoms with Crippen LogP contribution in [0.3, 0.4) is 0 Å². The van der Waals surface area contributed by atoms with Crippen molar-refractivity contribution in [3.8, 4) is 5.75 Å². The number of carbonyl (C=O) groups excluding carboxylic acids is 1. The van der Waals surface area contributed by atoms with Crippen molar-refractivity contribution < 1.29 is 22.5 Å². The fourth-order valence-corrected chi connectivity index (χ4v) is 3.38. The molecule has 136 valence electrons. The number of aromatic nitrogens is 1. The van der Waals surface area contributed by atoms with Gasteiger partial charge in [0, 0.05) is 6.07 Å². The number of carbonyl (C=O) groups is 1. The van der Waals surface area contributed by atoms with Crippen molar-refractivity contribution in [3.05, 3.63) is 47.3 Å². The van der Waals surface area contributed by atoms with E-state index in [0.717, 1.165) is 5.56 Å². The van der Waals surface area contributed by atoms with Gasteiger partial charge in [-0.15, -0.1) is 0 Å². The molecular formula is C17H22N2O5S. The molecule has 1 atom stereocenters. The first-order valence-electron chi connectivity index (χ1n) is 7.89. The number of hydrogen-bond acceptors (Lipinski definition) is 6. The van der Waals surface area contributed by atoms with E-state index >= 15 is 0 Å². The minimum Gasteiger partial charge on any atom is -0.492 e. The molecule has 1 unspecified atom stereocenters. The Morgan fingerprint density at radius 3 is 2.72 bits per heavy atom. The first-order chi connectivity index (χ1) is 11.8. The summed E-state index contributed by atoms with van der Waals surface area (Å²) < 4.78 is 34.9. The molecule has 0 aliphatic carbocycles. The first kappa shape index (κ1) is 19.0. The van der Waals surface area contributed by atoms with E-state index < -0.39 is 21.0 Å². The van der Waals surface area contributed by atoms with Crippen molar-refractivity contribution in [2.24, 2.45) is 0 Å². The molecule has 0 saturated carbocycles. The highest BCUT2D eigenvalue weighted by molar-refractivity contribution is 7.92. The maximum Gasteiger partial charge on any atom is 0.238 e. The number of nitrogens with zero attached hydrogens (tertiary/aromatic N) is 1. The van der Waals surface area contributed by atoms with E-state index in [1.807, 2.05) is 31.2 Å². The fraction of sp³-hybridized carbons (Fsp3) is 0.412. The van der Waals surface area contributed by atoms with Crippen molar-refractivity contribution in [2.75, 3.05) is 13.2 Å². The summed E-state index contributed by atoms with van der Waals surface area (Å²) in [4.78, 5) is 12.1. The summed E-state index contributed by atoms with van der Waals surface area (Å²) in [6.07, 6.45) is 0. The summed E-state index contributed by atoms with van der Waals surface area (Å²) >= 11 is 0. The minimum absolute atomic E-state index is 0.218. The van der Waals surface area contributed by atoms with Crippen LogP contribution in [0.2, 0.25) is 0 Å². The van der Waals surface area contributed by atoms with Crippen LogP contribution in [-0.4, -0.2) is 37.9 Å². The van der Waals surface area contributed by atoms with Crippen LogP contribution in [0.15, 0.2) is 34.9 Å². The van der Waals surface area contributed by atoms with Crippen molar-refractivity contribution in [1.29, 1.82) is 0 Å². The molecule has 2 rings (SSSR count). The lowest BCUT2D eigenvalue weighted by molar-refractivity contribution is -0.120. The zero-order chi connectivity index (χ0) is 18.4. The molecule has 0 aliphatic rings. The van der Waals surface area contributed by atoms with Gasteiger partial charge in [0.1, 0.15) is 23.4 Å². The highest BCUT2D eigenvalue weighted by Gasteiger charge is 2.29. The molecule has 1 aromatic carbocycles. The maximum absolute atomic E-state index is 12.3. The molecule has 1 heterocycles. The highest BCUT2D eigenvalue weighted by atomic mass is 32.2. The van der Waals surface area contributed by atoms with Crippen LogP contribution in [0.4, 0.5) is 0 Å². The normalized spacial score (nSPS) is 12.6. The number of hydrogen-bond donors (Lipinski definition) is 1. The summed E-state index contributed by atoms with van der Waals surface area (Å²) in [5.41, 5.74) is 1.37. The summed E-state index contributed by atoms with van der Waals surface area (Å²) in [5, 5.41) is 5.05. The molecule has 1 amide bonds. The van der Waals surface area contributed by atoms with E-state index in [9.17, 15) is 13.2 Å². The molecule has 0 saturated heterocycles. The van der Waals surface area contributed by atoms with Gasteiger partial charge in [-0.25, -0.2) is 8.42 Å². The SMILES string of the molecule is Cc1cccc(OCCNC(=O)C(C)S(=O)(=O)Cc2cc(C)on2)c1. The largest absolute Gasteiger partial charge is 0.492 e. The number of amides is 1. The van der Waals surface area contributed by atoms with E-state index in [1.165, 1.54) is 13.0 Å². The Labute approximate surface area is 147 Å². The van der Waals surface area contributed by atoms with Crippen LogP contribution in [0.1, 0.15) is 23.9 Å². The third-order valence-corrected chi connectivity index (χ3v) is 5.58. The zero-order valence-electron chi connectivity index (χ0n) is 14.5. The summed E-state index contributed by atoms with van der Waals surface area (Å²) in [6.45, 7) is 5.46. The molecule has 2 aromatic rings. The second kappa shape index (κ2) is 8.15. The van der Waals surface area contributed by atoms with Gasteiger partial charge in [-0.1, -0.05) is 17.3 Å². The smallest absolute Gasteiger partial charge is 0.238 e. The quantitative estimate of drug-likeness (QED) is 0.715. The van der Waals surface area contributed by atoms with Crippen LogP contribution in [0.5, 0.6) is 5.75 Å². The van der Waals surface area contributed by atoms with Gasteiger partial charge in [0.25, 0.3) is 0 Å². The van der Waals surface area contributed by atoms with Gasteiger partial charge in [0.2, 0.25) is 5.91 Å². The van der Waals surface area contributed by atoms with Crippen LogP contribution in [-0.2, 0) is 20.4 Å². The lowest BCUT2D eigenvalue weighted by Gasteiger charge is -2.13. The van der Waals surface area contributed by atoms with Gasteiger partial charge in [0.05, 0.1) is 18.0 Å². The Bertz CT molecular complexity index is 829. The van der Waals surface area contributed by atoms with Crippen LogP contribution >= 0.6 is 0 Å². The van der Waals surface area contributed by atoms with Crippen LogP contribution in [0, 0.1) is 13.8 Å². The standard InChI is InChI=1S/C17H22N2O5S/c1-12-5-4-6-16(9-12)23-8-7-18-17(20)14(3)25(21,22)11-15-10-13(2)24-19-15/h4-6,9-10,14H,7-8,11H2,1-3H3,(H,18,20). The topological polar surface area (TPSA) is 98.5 Å². The molecule has 7 nitrogen and oxygen atoms in total. The molecule has 25 heavy (non-hydrogen) atoms. The number of sulfone groups is 1. The average molecular weight is 366 g/mol. The number of rotatable bonds is 8. The minimum atomic E-state index is -3.67. The molecule has 0 spiro atoms. The fourth-order valence-electron chi connectivity index (χ4n) is 2.17. The molecule has 0 aliphatic heterocycles. The van der Waals surface area contributed by atoms with E-state index in [2.05, 4.69) is 10.5 Å². The Morgan fingerprint density at radius 2 is 2.08 bits per heavy atom. The number of nitrogens with one attached hydrogen (secondary N) is 1. The van der Waals surface area contributed by atoms with Gasteiger partial charge in [-0.2, -0.15) is 0 Å². The van der Waals surface area contributed by atoms with Gasteiger partial charge in [0.15, 0.2) is 9.84 Å². The molecule has 0 radical (unpaired) electrons. The Balaban J connectivity index is 1.81. The van der Waals surface area contributed by atoms with Gasteiger partial charge in [-0.3, -0.25) is 4.79 Å². The summed E-state index contributed by atoms with van der Waals surface area (Å²) in [6, 6.07) is 9.08. The third-order valence-electron chi connectivity index (χ3n) is 3.59. The molecule has 0 bridgehead atoms. The van der Waals surface area contributed by atoms with Crippen molar-refractivity contribution in [2.45, 2.75) is 31.8 Å². The van der Waals surface area contributed by atoms with Crippen molar-refractivity contribution in [3.63, 3.8) is 0 Å². The summed E-state index contributed by atoms with van der Waals surface area (Å²) in [5.74, 6) is 0.332. The molecule has 1 N–H and O–H groups in total. The monoisotopic (exact) mass is 366 g/mol. The number of benzene rings is 1. The van der Waals surface area contributed by atoms with Crippen LogP contribution < -0.4 is 10.1 Å². The summed E-state index contributed by atoms with van der Waals surface area (Å²) in [7, 11) is -3.67. The highest BCUT2D eigenvalue weighted by Crippen LogP contribution is 2.13. The van der Waals surface area contributed by atoms with Crippen molar-refractivity contribution >= 4 is 15.7 Å². The van der Waals surface area contributed by atoms with E-state index in [4.69, 9.17) is 9.26 Å². The second-order valence-corrected chi connectivity index (χ2v) is 8.16. The first-order valence-corrected chi connectivity index (χ1v) is 9.60. The van der Waals surface area contributed by atoms with Crippen molar-refractivity contribution in [1.82, 2.24) is 10.5 Å². The van der Waals surface area contributed by atoms with Gasteiger partial charge < -0.3 is 14.6 Å². The lowest BCUT2D eigenvalue weighted by atomic mass is 10.2. The predicted molar refractivity (Wildman–Crippen MR) is 93.0 cm³/mol. The molecular weight excluding hydrogens is 344 g/mol. The Kier molecular flexibility index (Phi) is 6.19. The van der Waals surface area contributed by atoms with E-state index in [-0.39, 0.29) is 18.9 Å². The van der Waals surface area contributed by atoms with E-state index in [0.29, 0.717) is 17.2 Å². The Morgan fingerprint density at radius 1 is 1.32 bits per heavy atom. The predicted octanol–water partition coefficient (Wildman–Crippen LogP) is 1.79. The lowest BCUT2D eigenvalue weighted by Crippen LogP contribution is -2.40. The Hall–Kier alpha value is -2.35. The third kappa shape index (κ3) is 5.60. The average Bonchev–Trinajstić information content (AvgIpc) is 2.95. The maximum atomic E-state index is 12.3. The molecule has 0 fully saturated rings. The van der Waals surface area contributed by atoms with Gasteiger partial charge in [-0.05, 0) is 38.5 Å². The number of aryl methyl sites for hydroxylation is 2. The number of ether oxygens (including phenoxy) is 1. The van der Waals surface area contributed by atoms with Crippen LogP contribution in [0.25, 0.3) is 0 Å². The molecule has 1 aromatic heterocycles.